The van der Waals surface area contributed by atoms with E-state index in [0.29, 0.717) is 18.4 Å². The number of fused-ring (bicyclic) bond motifs is 1. The molecule has 0 aliphatic heterocycles. The molecule has 2 N–H and O–H groups in total. The predicted molar refractivity (Wildman–Crippen MR) is 91.8 cm³/mol. The Morgan fingerprint density at radius 1 is 1.04 bits per heavy atom. The van der Waals surface area contributed by atoms with Gasteiger partial charge in [0.1, 0.15) is 0 Å². The summed E-state index contributed by atoms with van der Waals surface area (Å²) < 4.78 is 0. The van der Waals surface area contributed by atoms with Crippen molar-refractivity contribution < 1.29 is 14.7 Å². The first-order valence-corrected chi connectivity index (χ1v) is 8.53. The largest absolute Gasteiger partial charge is 0.481 e. The lowest BCUT2D eigenvalue weighted by molar-refractivity contribution is -0.143. The number of benzene rings is 1. The van der Waals surface area contributed by atoms with Crippen LogP contribution in [-0.4, -0.2) is 28.0 Å². The molecule has 24 heavy (non-hydrogen) atoms. The molecular weight excluding hydrogens is 304 g/mol. The third kappa shape index (κ3) is 3.55. The molecule has 1 saturated carbocycles. The Morgan fingerprint density at radius 2 is 1.79 bits per heavy atom. The van der Waals surface area contributed by atoms with Gasteiger partial charge in [-0.3, -0.25) is 14.6 Å². The van der Waals surface area contributed by atoms with Gasteiger partial charge >= 0.3 is 5.97 Å². The second-order valence-electron chi connectivity index (χ2n) is 6.42. The third-order valence-electron chi connectivity index (χ3n) is 4.81. The van der Waals surface area contributed by atoms with Crippen molar-refractivity contribution in [3.63, 3.8) is 0 Å². The van der Waals surface area contributed by atoms with E-state index in [1.165, 1.54) is 0 Å². The van der Waals surface area contributed by atoms with E-state index in [1.54, 1.807) is 12.4 Å². The average Bonchev–Trinajstić information content (AvgIpc) is 2.56. The van der Waals surface area contributed by atoms with E-state index in [0.717, 1.165) is 36.5 Å². The van der Waals surface area contributed by atoms with Crippen LogP contribution < -0.4 is 5.32 Å². The highest BCUT2D eigenvalue weighted by Gasteiger charge is 2.30. The number of hydrogen-bond acceptors (Lipinski definition) is 3. The van der Waals surface area contributed by atoms with Crippen LogP contribution in [0, 0.1) is 5.92 Å². The topological polar surface area (TPSA) is 79.3 Å². The minimum atomic E-state index is -0.821. The summed E-state index contributed by atoms with van der Waals surface area (Å²) in [6.07, 6.45) is 8.61. The van der Waals surface area contributed by atoms with Crippen molar-refractivity contribution in [1.82, 2.24) is 10.3 Å². The lowest BCUT2D eigenvalue weighted by atomic mass is 9.86. The van der Waals surface area contributed by atoms with Gasteiger partial charge in [-0.25, -0.2) is 0 Å². The quantitative estimate of drug-likeness (QED) is 0.906. The second-order valence-corrected chi connectivity index (χ2v) is 6.42. The summed E-state index contributed by atoms with van der Waals surface area (Å²) in [5.74, 6) is -1.58. The van der Waals surface area contributed by atoms with Crippen molar-refractivity contribution in [2.45, 2.75) is 44.6 Å². The van der Waals surface area contributed by atoms with Crippen molar-refractivity contribution in [3.05, 3.63) is 42.2 Å². The Bertz CT molecular complexity index is 739. The van der Waals surface area contributed by atoms with Crippen LogP contribution in [0.25, 0.3) is 10.8 Å². The van der Waals surface area contributed by atoms with Gasteiger partial charge in [0.15, 0.2) is 0 Å². The SMILES string of the molecule is O=C(NC1CCCCCCC1C(=O)O)c1cncc2ccccc12. The molecule has 1 amide bonds. The Labute approximate surface area is 141 Å². The molecule has 1 heterocycles. The van der Waals surface area contributed by atoms with E-state index >= 15 is 0 Å². The lowest BCUT2D eigenvalue weighted by Gasteiger charge is -2.27. The molecule has 0 radical (unpaired) electrons. The first kappa shape index (κ1) is 16.4. The molecule has 1 aliphatic carbocycles. The van der Waals surface area contributed by atoms with Gasteiger partial charge < -0.3 is 10.4 Å². The van der Waals surface area contributed by atoms with Crippen LogP contribution in [0.1, 0.15) is 48.9 Å². The van der Waals surface area contributed by atoms with E-state index in [9.17, 15) is 14.7 Å². The maximum Gasteiger partial charge on any atom is 0.308 e. The molecule has 2 atom stereocenters. The predicted octanol–water partition coefficient (Wildman–Crippen LogP) is 3.39. The van der Waals surface area contributed by atoms with E-state index in [-0.39, 0.29) is 11.9 Å². The molecule has 2 unspecified atom stereocenters. The smallest absolute Gasteiger partial charge is 0.308 e. The van der Waals surface area contributed by atoms with Crippen molar-refractivity contribution in [3.8, 4) is 0 Å². The second kappa shape index (κ2) is 7.43. The Hall–Kier alpha value is -2.43. The number of pyridine rings is 1. The van der Waals surface area contributed by atoms with Crippen LogP contribution in [0.5, 0.6) is 0 Å². The number of nitrogens with zero attached hydrogens (tertiary/aromatic N) is 1. The Kier molecular flexibility index (Phi) is 5.08. The number of aliphatic carboxylic acids is 1. The summed E-state index contributed by atoms with van der Waals surface area (Å²) in [5.41, 5.74) is 0.499. The fourth-order valence-electron chi connectivity index (χ4n) is 3.50. The molecule has 5 heteroatoms. The van der Waals surface area contributed by atoms with Gasteiger partial charge in [0.05, 0.1) is 11.5 Å². The van der Waals surface area contributed by atoms with Crippen molar-refractivity contribution in [1.29, 1.82) is 0 Å². The number of hydrogen-bond donors (Lipinski definition) is 2. The fraction of sp³-hybridized carbons (Fsp3) is 0.421. The number of carbonyl (C=O) groups is 2. The maximum absolute atomic E-state index is 12.7. The first-order valence-electron chi connectivity index (χ1n) is 8.53. The van der Waals surface area contributed by atoms with Crippen LogP contribution in [0.3, 0.4) is 0 Å². The standard InChI is InChI=1S/C19H22N2O3/c22-18(16-12-20-11-13-7-5-6-8-14(13)16)21-17-10-4-2-1-3-9-15(17)19(23)24/h5-8,11-12,15,17H,1-4,9-10H2,(H,21,22)(H,23,24). The molecule has 1 aromatic carbocycles. The number of nitrogens with one attached hydrogen (secondary N) is 1. The third-order valence-corrected chi connectivity index (χ3v) is 4.81. The summed E-state index contributed by atoms with van der Waals surface area (Å²) in [5, 5.41) is 14.2. The van der Waals surface area contributed by atoms with E-state index in [4.69, 9.17) is 0 Å². The first-order chi connectivity index (χ1) is 11.7. The molecule has 0 bridgehead atoms. The summed E-state index contributed by atoms with van der Waals surface area (Å²) in [7, 11) is 0. The summed E-state index contributed by atoms with van der Waals surface area (Å²) in [4.78, 5) is 28.5. The number of carboxylic acid groups (broad SMARTS) is 1. The maximum atomic E-state index is 12.7. The van der Waals surface area contributed by atoms with Gasteiger partial charge in [0.2, 0.25) is 0 Å². The normalized spacial score (nSPS) is 21.7. The van der Waals surface area contributed by atoms with Crippen LogP contribution in [-0.2, 0) is 4.79 Å². The van der Waals surface area contributed by atoms with Gasteiger partial charge in [-0.15, -0.1) is 0 Å². The van der Waals surface area contributed by atoms with Crippen LogP contribution >= 0.6 is 0 Å². The van der Waals surface area contributed by atoms with Crippen molar-refractivity contribution >= 4 is 22.6 Å². The average molecular weight is 326 g/mol. The van der Waals surface area contributed by atoms with E-state index in [2.05, 4.69) is 10.3 Å². The van der Waals surface area contributed by atoms with Gasteiger partial charge in [-0.2, -0.15) is 0 Å². The van der Waals surface area contributed by atoms with Gasteiger partial charge in [-0.05, 0) is 18.2 Å². The van der Waals surface area contributed by atoms with Gasteiger partial charge in [0, 0.05) is 23.8 Å². The molecule has 3 rings (SSSR count). The molecule has 0 saturated heterocycles. The molecule has 126 valence electrons. The zero-order valence-electron chi connectivity index (χ0n) is 13.6. The number of amides is 1. The summed E-state index contributed by atoms with van der Waals surface area (Å²) in [6.45, 7) is 0. The molecule has 1 aromatic heterocycles. The zero-order valence-corrected chi connectivity index (χ0v) is 13.6. The molecule has 1 aliphatic rings. The highest BCUT2D eigenvalue weighted by atomic mass is 16.4. The van der Waals surface area contributed by atoms with E-state index < -0.39 is 11.9 Å². The van der Waals surface area contributed by atoms with Gasteiger partial charge in [-0.1, -0.05) is 49.9 Å². The summed E-state index contributed by atoms with van der Waals surface area (Å²) >= 11 is 0. The lowest BCUT2D eigenvalue weighted by Crippen LogP contribution is -2.44. The number of carboxylic acids is 1. The molecule has 2 aromatic rings. The zero-order chi connectivity index (χ0) is 16.9. The minimum Gasteiger partial charge on any atom is -0.481 e. The van der Waals surface area contributed by atoms with Gasteiger partial charge in [0.25, 0.3) is 5.91 Å². The van der Waals surface area contributed by atoms with Crippen LogP contribution in [0.2, 0.25) is 0 Å². The number of rotatable bonds is 3. The highest BCUT2D eigenvalue weighted by Crippen LogP contribution is 2.24. The van der Waals surface area contributed by atoms with Crippen molar-refractivity contribution in [2.75, 3.05) is 0 Å². The Balaban J connectivity index is 1.84. The van der Waals surface area contributed by atoms with Crippen molar-refractivity contribution in [2.24, 2.45) is 5.92 Å². The summed E-state index contributed by atoms with van der Waals surface area (Å²) in [6, 6.07) is 7.26. The van der Waals surface area contributed by atoms with E-state index in [1.807, 2.05) is 24.3 Å². The number of carbonyl (C=O) groups excluding carboxylic acids is 1. The highest BCUT2D eigenvalue weighted by molar-refractivity contribution is 6.06. The molecule has 5 nitrogen and oxygen atoms in total. The Morgan fingerprint density at radius 3 is 2.58 bits per heavy atom. The number of aromatic nitrogens is 1. The van der Waals surface area contributed by atoms with Crippen LogP contribution in [0.4, 0.5) is 0 Å². The minimum absolute atomic E-state index is 0.240. The monoisotopic (exact) mass is 326 g/mol. The molecule has 0 spiro atoms. The fourth-order valence-corrected chi connectivity index (χ4v) is 3.50. The van der Waals surface area contributed by atoms with Crippen LogP contribution in [0.15, 0.2) is 36.7 Å². The molecular formula is C19H22N2O3. The molecule has 1 fully saturated rings.